The lowest BCUT2D eigenvalue weighted by molar-refractivity contribution is -0.114. The van der Waals surface area contributed by atoms with Gasteiger partial charge >= 0.3 is 0 Å². The molecule has 0 spiro atoms. The van der Waals surface area contributed by atoms with Crippen molar-refractivity contribution in [1.82, 2.24) is 9.55 Å². The third-order valence-corrected chi connectivity index (χ3v) is 5.51. The number of aromatic nitrogens is 2. The van der Waals surface area contributed by atoms with Crippen molar-refractivity contribution in [1.29, 1.82) is 0 Å². The first-order valence-electron chi connectivity index (χ1n) is 10.2. The minimum atomic E-state index is -0.0800. The van der Waals surface area contributed by atoms with Crippen LogP contribution in [0.1, 0.15) is 35.0 Å². The predicted molar refractivity (Wildman–Crippen MR) is 129 cm³/mol. The van der Waals surface area contributed by atoms with Crippen molar-refractivity contribution < 1.29 is 4.79 Å². The number of hydrogen-bond donors (Lipinski definition) is 1. The molecule has 0 bridgehead atoms. The van der Waals surface area contributed by atoms with Crippen LogP contribution in [0.15, 0.2) is 60.7 Å². The molecule has 4 nitrogen and oxygen atoms in total. The molecule has 0 saturated carbocycles. The average Bonchev–Trinajstić information content (AvgIpc) is 3.04. The first-order chi connectivity index (χ1) is 14.9. The van der Waals surface area contributed by atoms with Crippen LogP contribution in [0.4, 0.5) is 5.69 Å². The molecule has 0 aliphatic heterocycles. The Balaban J connectivity index is 1.72. The van der Waals surface area contributed by atoms with E-state index in [-0.39, 0.29) is 5.91 Å². The summed E-state index contributed by atoms with van der Waals surface area (Å²) in [5, 5.41) is 3.51. The lowest BCUT2D eigenvalue weighted by Gasteiger charge is -2.09. The third kappa shape index (κ3) is 4.86. The summed E-state index contributed by atoms with van der Waals surface area (Å²) in [6, 6.07) is 20.0. The van der Waals surface area contributed by atoms with Gasteiger partial charge < -0.3 is 9.88 Å². The maximum absolute atomic E-state index is 11.2. The first kappa shape index (κ1) is 20.9. The summed E-state index contributed by atoms with van der Waals surface area (Å²) in [5.41, 5.74) is 7.48. The average molecular weight is 430 g/mol. The van der Waals surface area contributed by atoms with Crippen LogP contribution >= 0.6 is 11.6 Å². The van der Waals surface area contributed by atoms with E-state index in [1.165, 1.54) is 18.1 Å². The van der Waals surface area contributed by atoms with Crippen LogP contribution < -0.4 is 5.32 Å². The molecule has 1 heterocycles. The highest BCUT2D eigenvalue weighted by molar-refractivity contribution is 6.30. The molecule has 1 N–H and O–H groups in total. The highest BCUT2D eigenvalue weighted by Crippen LogP contribution is 2.24. The molecule has 1 amide bonds. The summed E-state index contributed by atoms with van der Waals surface area (Å²) < 4.78 is 2.22. The van der Waals surface area contributed by atoms with Crippen LogP contribution in [-0.2, 0) is 11.3 Å². The highest BCUT2D eigenvalue weighted by atomic mass is 35.5. The number of halogens is 1. The molecule has 5 heteroatoms. The van der Waals surface area contributed by atoms with E-state index in [0.717, 1.165) is 38.7 Å². The van der Waals surface area contributed by atoms with E-state index in [0.29, 0.717) is 6.54 Å². The molecule has 156 valence electrons. The van der Waals surface area contributed by atoms with Gasteiger partial charge in [0.05, 0.1) is 11.0 Å². The van der Waals surface area contributed by atoms with Crippen LogP contribution in [0.2, 0.25) is 5.02 Å². The second-order valence-electron chi connectivity index (χ2n) is 7.75. The van der Waals surface area contributed by atoms with E-state index in [1.807, 2.05) is 54.6 Å². The Hall–Kier alpha value is -3.37. The van der Waals surface area contributed by atoms with Gasteiger partial charge in [-0.05, 0) is 78.6 Å². The summed E-state index contributed by atoms with van der Waals surface area (Å²) in [6.45, 7) is 6.41. The zero-order valence-electron chi connectivity index (χ0n) is 17.8. The van der Waals surface area contributed by atoms with Gasteiger partial charge in [0, 0.05) is 24.2 Å². The standard InChI is InChI=1S/C26H24ClN3O/c1-17-13-24-25(14-18(17)2)30(16-21-5-4-6-22(27)15-21)26(29-24)12-9-20-7-10-23(11-8-20)28-19(3)31/h4-15H,16H2,1-3H3,(H,28,31)/b12-9+. The number of nitrogens with zero attached hydrogens (tertiary/aromatic N) is 2. The Labute approximate surface area is 187 Å². The molecule has 0 unspecified atom stereocenters. The van der Waals surface area contributed by atoms with Gasteiger partial charge in [0.15, 0.2) is 0 Å². The number of carbonyl (C=O) groups excluding carboxylic acids is 1. The summed E-state index contributed by atoms with van der Waals surface area (Å²) in [7, 11) is 0. The fraction of sp³-hybridized carbons (Fsp3) is 0.154. The van der Waals surface area contributed by atoms with E-state index in [4.69, 9.17) is 16.6 Å². The van der Waals surface area contributed by atoms with Crippen LogP contribution in [0.3, 0.4) is 0 Å². The first-order valence-corrected chi connectivity index (χ1v) is 10.5. The largest absolute Gasteiger partial charge is 0.326 e. The van der Waals surface area contributed by atoms with Crippen molar-refractivity contribution in [3.8, 4) is 0 Å². The predicted octanol–water partition coefficient (Wildman–Crippen LogP) is 6.48. The molecule has 0 saturated heterocycles. The van der Waals surface area contributed by atoms with Gasteiger partial charge in [0.2, 0.25) is 5.91 Å². The number of rotatable bonds is 5. The zero-order chi connectivity index (χ0) is 22.0. The van der Waals surface area contributed by atoms with Crippen LogP contribution in [0.5, 0.6) is 0 Å². The maximum Gasteiger partial charge on any atom is 0.221 e. The molecule has 4 rings (SSSR count). The number of hydrogen-bond acceptors (Lipinski definition) is 2. The smallest absolute Gasteiger partial charge is 0.221 e. The number of benzene rings is 3. The van der Waals surface area contributed by atoms with Crippen LogP contribution in [-0.4, -0.2) is 15.5 Å². The van der Waals surface area contributed by atoms with Crippen molar-refractivity contribution in [2.45, 2.75) is 27.3 Å². The van der Waals surface area contributed by atoms with E-state index >= 15 is 0 Å². The van der Waals surface area contributed by atoms with Crippen molar-refractivity contribution in [3.05, 3.63) is 93.8 Å². The Kier molecular flexibility index (Phi) is 5.92. The van der Waals surface area contributed by atoms with Crippen LogP contribution in [0, 0.1) is 13.8 Å². The Morgan fingerprint density at radius 1 is 1.03 bits per heavy atom. The fourth-order valence-corrected chi connectivity index (χ4v) is 3.77. The summed E-state index contributed by atoms with van der Waals surface area (Å²) in [4.78, 5) is 16.1. The zero-order valence-corrected chi connectivity index (χ0v) is 18.6. The lowest BCUT2D eigenvalue weighted by Crippen LogP contribution is -2.05. The van der Waals surface area contributed by atoms with Gasteiger partial charge in [-0.2, -0.15) is 0 Å². The SMILES string of the molecule is CC(=O)Nc1ccc(/C=C/c2nc3cc(C)c(C)cc3n2Cc2cccc(Cl)c2)cc1. The van der Waals surface area contributed by atoms with Crippen LogP contribution in [0.25, 0.3) is 23.2 Å². The van der Waals surface area contributed by atoms with Gasteiger partial charge in [-0.3, -0.25) is 4.79 Å². The Bertz CT molecular complexity index is 1290. The van der Waals surface area contributed by atoms with Crippen molar-refractivity contribution in [2.75, 3.05) is 5.32 Å². The maximum atomic E-state index is 11.2. The van der Waals surface area contributed by atoms with Crippen molar-refractivity contribution in [2.24, 2.45) is 0 Å². The van der Waals surface area contributed by atoms with E-state index in [2.05, 4.69) is 41.9 Å². The number of aryl methyl sites for hydroxylation is 2. The topological polar surface area (TPSA) is 46.9 Å². The van der Waals surface area contributed by atoms with Gasteiger partial charge in [0.25, 0.3) is 0 Å². The molecule has 1 aromatic heterocycles. The molecule has 0 atom stereocenters. The minimum Gasteiger partial charge on any atom is -0.326 e. The molecule has 0 fully saturated rings. The van der Waals surface area contributed by atoms with Crippen molar-refractivity contribution >= 4 is 46.4 Å². The minimum absolute atomic E-state index is 0.0800. The molecular weight excluding hydrogens is 406 g/mol. The summed E-state index contributed by atoms with van der Waals surface area (Å²) >= 11 is 6.21. The van der Waals surface area contributed by atoms with Crippen molar-refractivity contribution in [3.63, 3.8) is 0 Å². The monoisotopic (exact) mass is 429 g/mol. The molecular formula is C26H24ClN3O. The van der Waals surface area contributed by atoms with Gasteiger partial charge in [-0.15, -0.1) is 0 Å². The Morgan fingerprint density at radius 2 is 1.77 bits per heavy atom. The number of imidazole rings is 1. The van der Waals surface area contributed by atoms with E-state index in [1.54, 1.807) is 0 Å². The molecule has 0 aliphatic rings. The summed E-state index contributed by atoms with van der Waals surface area (Å²) in [5.74, 6) is 0.800. The number of nitrogens with one attached hydrogen (secondary N) is 1. The van der Waals surface area contributed by atoms with Gasteiger partial charge in [-0.1, -0.05) is 41.9 Å². The molecule has 4 aromatic rings. The van der Waals surface area contributed by atoms with Gasteiger partial charge in [-0.25, -0.2) is 4.98 Å². The molecule has 3 aromatic carbocycles. The Morgan fingerprint density at radius 3 is 2.48 bits per heavy atom. The molecule has 0 radical (unpaired) electrons. The number of amides is 1. The lowest BCUT2D eigenvalue weighted by atomic mass is 10.1. The summed E-state index contributed by atoms with van der Waals surface area (Å²) in [6.07, 6.45) is 4.07. The van der Waals surface area contributed by atoms with E-state index < -0.39 is 0 Å². The quantitative estimate of drug-likeness (QED) is 0.394. The second-order valence-corrected chi connectivity index (χ2v) is 8.18. The van der Waals surface area contributed by atoms with Gasteiger partial charge in [0.1, 0.15) is 5.82 Å². The fourth-order valence-electron chi connectivity index (χ4n) is 3.56. The number of fused-ring (bicyclic) bond motifs is 1. The second kappa shape index (κ2) is 8.78. The number of anilines is 1. The number of carbonyl (C=O) groups is 1. The third-order valence-electron chi connectivity index (χ3n) is 5.28. The molecule has 31 heavy (non-hydrogen) atoms. The van der Waals surface area contributed by atoms with E-state index in [9.17, 15) is 4.79 Å². The normalized spacial score (nSPS) is 11.4. The highest BCUT2D eigenvalue weighted by Gasteiger charge is 2.11. The molecule has 0 aliphatic carbocycles.